The Morgan fingerprint density at radius 3 is 2.57 bits per heavy atom. The number of hydrogen-bond acceptors (Lipinski definition) is 2. The third-order valence-electron chi connectivity index (χ3n) is 2.17. The first-order valence-electron chi connectivity index (χ1n) is 4.82. The third-order valence-corrected chi connectivity index (χ3v) is 2.17. The van der Waals surface area contributed by atoms with E-state index in [9.17, 15) is 0 Å². The van der Waals surface area contributed by atoms with Crippen LogP contribution < -0.4 is 10.7 Å². The van der Waals surface area contributed by atoms with E-state index in [1.54, 1.807) is 0 Å². The van der Waals surface area contributed by atoms with Crippen LogP contribution in [-0.4, -0.2) is 0 Å². The van der Waals surface area contributed by atoms with E-state index in [0.29, 0.717) is 11.7 Å². The molecule has 0 aromatic heterocycles. The molecule has 0 atom stereocenters. The highest BCUT2D eigenvalue weighted by Gasteiger charge is 2.04. The van der Waals surface area contributed by atoms with E-state index in [1.807, 2.05) is 31.2 Å². The average molecular weight is 191 g/mol. The van der Waals surface area contributed by atoms with Gasteiger partial charge in [-0.25, -0.2) is 0 Å². The second-order valence-corrected chi connectivity index (χ2v) is 3.57. The Morgan fingerprint density at radius 1 is 1.36 bits per heavy atom. The lowest BCUT2D eigenvalue weighted by Gasteiger charge is -2.09. The van der Waals surface area contributed by atoms with Gasteiger partial charge in [-0.05, 0) is 30.5 Å². The topological polar surface area (TPSA) is 35.2 Å². The van der Waals surface area contributed by atoms with Crippen LogP contribution in [0.25, 0.3) is 6.08 Å². The number of benzene rings is 1. The SMILES string of the molecule is C/C=C\c1cc(C(C)C)ccc1ON. The van der Waals surface area contributed by atoms with E-state index in [1.165, 1.54) is 5.56 Å². The largest absolute Gasteiger partial charge is 0.411 e. The molecule has 2 N–H and O–H groups in total. The molecule has 0 radical (unpaired) electrons. The number of hydrogen-bond donors (Lipinski definition) is 1. The van der Waals surface area contributed by atoms with Crippen molar-refractivity contribution in [2.24, 2.45) is 5.90 Å². The molecular formula is C12H17NO. The zero-order valence-corrected chi connectivity index (χ0v) is 8.95. The van der Waals surface area contributed by atoms with Gasteiger partial charge in [-0.1, -0.05) is 32.1 Å². The maximum absolute atomic E-state index is 5.17. The normalized spacial score (nSPS) is 11.2. The summed E-state index contributed by atoms with van der Waals surface area (Å²) in [6.45, 7) is 6.30. The Labute approximate surface area is 85.3 Å². The van der Waals surface area contributed by atoms with E-state index >= 15 is 0 Å². The maximum atomic E-state index is 5.17. The number of allylic oxidation sites excluding steroid dienone is 1. The molecule has 76 valence electrons. The van der Waals surface area contributed by atoms with Crippen LogP contribution in [0.15, 0.2) is 24.3 Å². The smallest absolute Gasteiger partial charge is 0.154 e. The molecule has 0 aliphatic heterocycles. The van der Waals surface area contributed by atoms with Crippen molar-refractivity contribution in [1.29, 1.82) is 0 Å². The standard InChI is InChI=1S/C12H17NO/c1-4-5-11-8-10(9(2)3)6-7-12(11)14-13/h4-9H,13H2,1-3H3/b5-4-. The molecule has 2 heteroatoms. The fourth-order valence-corrected chi connectivity index (χ4v) is 1.34. The predicted octanol–water partition coefficient (Wildman–Crippen LogP) is 3.10. The van der Waals surface area contributed by atoms with Crippen LogP contribution in [0, 0.1) is 0 Å². The molecular weight excluding hydrogens is 174 g/mol. The van der Waals surface area contributed by atoms with Crippen LogP contribution in [0.3, 0.4) is 0 Å². The van der Waals surface area contributed by atoms with Crippen molar-refractivity contribution in [3.8, 4) is 5.75 Å². The summed E-state index contributed by atoms with van der Waals surface area (Å²) in [4.78, 5) is 4.78. The van der Waals surface area contributed by atoms with Gasteiger partial charge in [0, 0.05) is 5.56 Å². The highest BCUT2D eigenvalue weighted by molar-refractivity contribution is 5.58. The summed E-state index contributed by atoms with van der Waals surface area (Å²) in [5, 5.41) is 0. The van der Waals surface area contributed by atoms with Gasteiger partial charge < -0.3 is 4.84 Å². The van der Waals surface area contributed by atoms with Crippen LogP contribution in [0.5, 0.6) is 5.75 Å². The van der Waals surface area contributed by atoms with Crippen LogP contribution in [0.1, 0.15) is 37.8 Å². The van der Waals surface area contributed by atoms with E-state index in [0.717, 1.165) is 5.56 Å². The number of rotatable bonds is 3. The summed E-state index contributed by atoms with van der Waals surface area (Å²) in [5.41, 5.74) is 2.32. The molecule has 0 unspecified atom stereocenters. The van der Waals surface area contributed by atoms with Gasteiger partial charge in [-0.2, -0.15) is 5.90 Å². The Kier molecular flexibility index (Phi) is 3.72. The second kappa shape index (κ2) is 4.82. The molecule has 2 nitrogen and oxygen atoms in total. The lowest BCUT2D eigenvalue weighted by molar-refractivity contribution is 0.333. The van der Waals surface area contributed by atoms with Crippen LogP contribution in [0.4, 0.5) is 0 Å². The first-order chi connectivity index (χ1) is 6.69. The molecule has 0 aliphatic carbocycles. The summed E-state index contributed by atoms with van der Waals surface area (Å²) in [5.74, 6) is 6.41. The van der Waals surface area contributed by atoms with E-state index < -0.39 is 0 Å². The lowest BCUT2D eigenvalue weighted by Crippen LogP contribution is -2.03. The second-order valence-electron chi connectivity index (χ2n) is 3.57. The summed E-state index contributed by atoms with van der Waals surface area (Å²) >= 11 is 0. The zero-order valence-electron chi connectivity index (χ0n) is 8.95. The van der Waals surface area contributed by atoms with Gasteiger partial charge in [0.05, 0.1) is 0 Å². The van der Waals surface area contributed by atoms with Crippen LogP contribution in [-0.2, 0) is 0 Å². The highest BCUT2D eigenvalue weighted by atomic mass is 16.6. The highest BCUT2D eigenvalue weighted by Crippen LogP contribution is 2.24. The van der Waals surface area contributed by atoms with Gasteiger partial charge in [0.2, 0.25) is 0 Å². The van der Waals surface area contributed by atoms with Crippen molar-refractivity contribution >= 4 is 6.08 Å². The molecule has 0 spiro atoms. The van der Waals surface area contributed by atoms with Gasteiger partial charge in [-0.15, -0.1) is 0 Å². The fourth-order valence-electron chi connectivity index (χ4n) is 1.34. The van der Waals surface area contributed by atoms with Crippen molar-refractivity contribution in [2.45, 2.75) is 26.7 Å². The fraction of sp³-hybridized carbons (Fsp3) is 0.333. The molecule has 0 heterocycles. The molecule has 0 amide bonds. The van der Waals surface area contributed by atoms with Gasteiger partial charge >= 0.3 is 0 Å². The quantitative estimate of drug-likeness (QED) is 0.745. The molecule has 14 heavy (non-hydrogen) atoms. The molecule has 1 aromatic rings. The molecule has 0 saturated heterocycles. The summed E-state index contributed by atoms with van der Waals surface area (Å²) in [7, 11) is 0. The maximum Gasteiger partial charge on any atom is 0.154 e. The van der Waals surface area contributed by atoms with E-state index in [-0.39, 0.29) is 0 Å². The molecule has 1 aromatic carbocycles. The molecule has 0 aliphatic rings. The predicted molar refractivity (Wildman–Crippen MR) is 60.1 cm³/mol. The Morgan fingerprint density at radius 2 is 2.07 bits per heavy atom. The van der Waals surface area contributed by atoms with Crippen molar-refractivity contribution in [3.63, 3.8) is 0 Å². The third kappa shape index (κ3) is 2.36. The molecule has 0 saturated carbocycles. The minimum atomic E-state index is 0.519. The first-order valence-corrected chi connectivity index (χ1v) is 4.82. The minimum Gasteiger partial charge on any atom is -0.411 e. The Hall–Kier alpha value is -1.28. The van der Waals surface area contributed by atoms with Crippen molar-refractivity contribution in [2.75, 3.05) is 0 Å². The van der Waals surface area contributed by atoms with Crippen molar-refractivity contribution in [3.05, 3.63) is 35.4 Å². The van der Waals surface area contributed by atoms with E-state index in [4.69, 9.17) is 10.7 Å². The van der Waals surface area contributed by atoms with Gasteiger partial charge in [0.1, 0.15) is 0 Å². The zero-order chi connectivity index (χ0) is 10.6. The van der Waals surface area contributed by atoms with Gasteiger partial charge in [-0.3, -0.25) is 0 Å². The summed E-state index contributed by atoms with van der Waals surface area (Å²) in [6, 6.07) is 6.05. The summed E-state index contributed by atoms with van der Waals surface area (Å²) < 4.78 is 0. The van der Waals surface area contributed by atoms with Crippen LogP contribution >= 0.6 is 0 Å². The molecule has 1 rings (SSSR count). The van der Waals surface area contributed by atoms with Crippen LogP contribution in [0.2, 0.25) is 0 Å². The Bertz CT molecular complexity index is 329. The van der Waals surface area contributed by atoms with Gasteiger partial charge in [0.25, 0.3) is 0 Å². The number of nitrogens with two attached hydrogens (primary N) is 1. The monoisotopic (exact) mass is 191 g/mol. The van der Waals surface area contributed by atoms with Crippen molar-refractivity contribution < 1.29 is 4.84 Å². The molecule has 0 bridgehead atoms. The van der Waals surface area contributed by atoms with E-state index in [2.05, 4.69) is 19.9 Å². The average Bonchev–Trinajstić information content (AvgIpc) is 2.18. The summed E-state index contributed by atoms with van der Waals surface area (Å²) in [6.07, 6.45) is 3.97. The first kappa shape index (κ1) is 10.8. The molecule has 0 fully saturated rings. The minimum absolute atomic E-state index is 0.519. The Balaban J connectivity index is 3.13. The lowest BCUT2D eigenvalue weighted by atomic mass is 10.00. The van der Waals surface area contributed by atoms with Crippen molar-refractivity contribution in [1.82, 2.24) is 0 Å². The van der Waals surface area contributed by atoms with Gasteiger partial charge in [0.15, 0.2) is 5.75 Å².